The van der Waals surface area contributed by atoms with Crippen molar-refractivity contribution in [2.75, 3.05) is 18.6 Å². The van der Waals surface area contributed by atoms with E-state index in [0.29, 0.717) is 0 Å². The molecule has 1 aromatic carbocycles. The summed E-state index contributed by atoms with van der Waals surface area (Å²) in [4.78, 5) is 24.1. The molecule has 0 spiro atoms. The number of carbonyl (C=O) groups excluding carboxylic acids is 1. The molecule has 2 amide bonds. The van der Waals surface area contributed by atoms with Gasteiger partial charge >= 0.3 is 12.0 Å². The van der Waals surface area contributed by atoms with Crippen LogP contribution < -0.4 is 5.32 Å². The van der Waals surface area contributed by atoms with Gasteiger partial charge in [-0.15, -0.1) is 0 Å². The van der Waals surface area contributed by atoms with Crippen molar-refractivity contribution in [3.05, 3.63) is 35.4 Å². The van der Waals surface area contributed by atoms with E-state index in [9.17, 15) is 18.0 Å². The molecule has 0 heterocycles. The second-order valence-corrected chi connectivity index (χ2v) is 7.72. The molecule has 23 heavy (non-hydrogen) atoms. The van der Waals surface area contributed by atoms with Gasteiger partial charge in [0, 0.05) is 25.4 Å². The molecule has 0 aromatic heterocycles. The Morgan fingerprint density at radius 3 is 2.30 bits per heavy atom. The molecule has 2 N–H and O–H groups in total. The lowest BCUT2D eigenvalue weighted by Gasteiger charge is -2.25. The zero-order chi connectivity index (χ0) is 17.6. The minimum absolute atomic E-state index is 0.0444. The molecular weight excluding hydrogens is 320 g/mol. The summed E-state index contributed by atoms with van der Waals surface area (Å²) in [5.74, 6) is -1.05. The summed E-state index contributed by atoms with van der Waals surface area (Å²) in [6.07, 6.45) is 0. The highest BCUT2D eigenvalue weighted by atomic mass is 32.2. The van der Waals surface area contributed by atoms with E-state index in [-0.39, 0.29) is 29.6 Å². The Morgan fingerprint density at radius 2 is 1.83 bits per heavy atom. The first kappa shape index (κ1) is 19.0. The molecule has 0 aliphatic heterocycles. The Morgan fingerprint density at radius 1 is 1.26 bits per heavy atom. The molecule has 0 saturated heterocycles. The molecule has 0 saturated carbocycles. The second kappa shape index (κ2) is 7.96. The third-order valence-electron chi connectivity index (χ3n) is 3.56. The van der Waals surface area contributed by atoms with Crippen molar-refractivity contribution in [3.8, 4) is 0 Å². The van der Waals surface area contributed by atoms with Crippen LogP contribution in [0.15, 0.2) is 24.3 Å². The third-order valence-corrected chi connectivity index (χ3v) is 5.43. The summed E-state index contributed by atoms with van der Waals surface area (Å²) in [6, 6.07) is 5.35. The Balaban J connectivity index is 2.56. The Kier molecular flexibility index (Phi) is 6.56. The zero-order valence-corrected chi connectivity index (χ0v) is 14.3. The number of amides is 2. The highest BCUT2D eigenvalue weighted by molar-refractivity contribution is 7.91. The summed E-state index contributed by atoms with van der Waals surface area (Å²) < 4.78 is 23.2. The van der Waals surface area contributed by atoms with Gasteiger partial charge in [0.15, 0.2) is 9.84 Å². The van der Waals surface area contributed by atoms with Crippen LogP contribution in [0.4, 0.5) is 4.79 Å². The number of benzene rings is 1. The van der Waals surface area contributed by atoms with Gasteiger partial charge in [0.2, 0.25) is 0 Å². The lowest BCUT2D eigenvalue weighted by Crippen LogP contribution is -2.45. The molecule has 128 valence electrons. The molecule has 1 aromatic rings. The number of hydrogen-bond acceptors (Lipinski definition) is 4. The van der Waals surface area contributed by atoms with Gasteiger partial charge < -0.3 is 15.3 Å². The number of urea groups is 1. The molecule has 0 aliphatic rings. The summed E-state index contributed by atoms with van der Waals surface area (Å²) in [6.45, 7) is 3.48. The van der Waals surface area contributed by atoms with Crippen molar-refractivity contribution in [3.63, 3.8) is 0 Å². The lowest BCUT2D eigenvalue weighted by atomic mass is 10.1. The van der Waals surface area contributed by atoms with Crippen molar-refractivity contribution >= 4 is 21.8 Å². The average Bonchev–Trinajstić information content (AvgIpc) is 2.51. The van der Waals surface area contributed by atoms with Crippen LogP contribution in [-0.4, -0.2) is 55.0 Å². The lowest BCUT2D eigenvalue weighted by molar-refractivity contribution is 0.0696. The van der Waals surface area contributed by atoms with E-state index in [2.05, 4.69) is 5.32 Å². The molecule has 1 unspecified atom stereocenters. The maximum absolute atomic E-state index is 12.0. The van der Waals surface area contributed by atoms with Gasteiger partial charge in [-0.1, -0.05) is 19.1 Å². The van der Waals surface area contributed by atoms with Gasteiger partial charge in [-0.3, -0.25) is 0 Å². The summed E-state index contributed by atoms with van der Waals surface area (Å²) in [7, 11) is -1.61. The Hall–Kier alpha value is -2.09. The molecular formula is C15H22N2O5S. The van der Waals surface area contributed by atoms with E-state index in [1.165, 1.54) is 17.0 Å². The number of carboxylic acids is 1. The highest BCUT2D eigenvalue weighted by Crippen LogP contribution is 2.06. The van der Waals surface area contributed by atoms with E-state index in [4.69, 9.17) is 5.11 Å². The van der Waals surface area contributed by atoms with Gasteiger partial charge in [0.25, 0.3) is 0 Å². The van der Waals surface area contributed by atoms with Crippen LogP contribution >= 0.6 is 0 Å². The summed E-state index contributed by atoms with van der Waals surface area (Å²) >= 11 is 0. The molecule has 8 heteroatoms. The predicted molar refractivity (Wildman–Crippen MR) is 87.2 cm³/mol. The van der Waals surface area contributed by atoms with Crippen molar-refractivity contribution in [1.82, 2.24) is 10.2 Å². The Labute approximate surface area is 136 Å². The number of carboxylic acid groups (broad SMARTS) is 1. The first-order chi connectivity index (χ1) is 10.7. The van der Waals surface area contributed by atoms with E-state index in [0.717, 1.165) is 5.56 Å². The topological polar surface area (TPSA) is 104 Å². The maximum atomic E-state index is 12.0. The van der Waals surface area contributed by atoms with Crippen LogP contribution in [0.5, 0.6) is 0 Å². The third kappa shape index (κ3) is 5.90. The van der Waals surface area contributed by atoms with Crippen molar-refractivity contribution in [2.24, 2.45) is 0 Å². The van der Waals surface area contributed by atoms with E-state index in [1.54, 1.807) is 33.0 Å². The summed E-state index contributed by atoms with van der Waals surface area (Å²) in [5, 5.41) is 11.5. The molecule has 1 atom stereocenters. The van der Waals surface area contributed by atoms with Crippen molar-refractivity contribution in [1.29, 1.82) is 0 Å². The first-order valence-electron chi connectivity index (χ1n) is 7.19. The van der Waals surface area contributed by atoms with Crippen LogP contribution in [0.3, 0.4) is 0 Å². The largest absolute Gasteiger partial charge is 0.478 e. The van der Waals surface area contributed by atoms with Gasteiger partial charge in [0.05, 0.1) is 11.3 Å². The first-order valence-corrected chi connectivity index (χ1v) is 9.01. The predicted octanol–water partition coefficient (Wildman–Crippen LogP) is 1.35. The van der Waals surface area contributed by atoms with Crippen LogP contribution in [-0.2, 0) is 16.4 Å². The fourth-order valence-corrected chi connectivity index (χ4v) is 3.06. The number of nitrogens with one attached hydrogen (secondary N) is 1. The van der Waals surface area contributed by atoms with Gasteiger partial charge in [-0.25, -0.2) is 18.0 Å². The average molecular weight is 342 g/mol. The molecule has 0 fully saturated rings. The number of hydrogen-bond donors (Lipinski definition) is 2. The number of aromatic carboxylic acids is 1. The molecule has 0 bridgehead atoms. The zero-order valence-electron chi connectivity index (χ0n) is 13.4. The van der Waals surface area contributed by atoms with Crippen LogP contribution in [0.1, 0.15) is 29.8 Å². The number of sulfone groups is 1. The maximum Gasteiger partial charge on any atom is 0.335 e. The van der Waals surface area contributed by atoms with E-state index < -0.39 is 21.8 Å². The van der Waals surface area contributed by atoms with Gasteiger partial charge in [0.1, 0.15) is 0 Å². The van der Waals surface area contributed by atoms with Crippen molar-refractivity contribution in [2.45, 2.75) is 26.4 Å². The normalized spacial score (nSPS) is 12.5. The van der Waals surface area contributed by atoms with Crippen LogP contribution in [0.2, 0.25) is 0 Å². The monoisotopic (exact) mass is 342 g/mol. The molecule has 7 nitrogen and oxygen atoms in total. The van der Waals surface area contributed by atoms with E-state index >= 15 is 0 Å². The second-order valence-electron chi connectivity index (χ2n) is 5.32. The fraction of sp³-hybridized carbons (Fsp3) is 0.467. The summed E-state index contributed by atoms with van der Waals surface area (Å²) in [5.41, 5.74) is 0.932. The minimum atomic E-state index is -3.15. The van der Waals surface area contributed by atoms with E-state index in [1.807, 2.05) is 0 Å². The van der Waals surface area contributed by atoms with Crippen molar-refractivity contribution < 1.29 is 23.1 Å². The number of nitrogens with zero attached hydrogens (tertiary/aromatic N) is 1. The molecule has 0 aliphatic carbocycles. The number of carbonyl (C=O) groups is 2. The SMILES string of the molecule is CCS(=O)(=O)CC(C)N(C)C(=O)NCc1ccc(C(=O)O)cc1. The fourth-order valence-electron chi connectivity index (χ4n) is 1.86. The smallest absolute Gasteiger partial charge is 0.335 e. The minimum Gasteiger partial charge on any atom is -0.478 e. The van der Waals surface area contributed by atoms with Crippen LogP contribution in [0.25, 0.3) is 0 Å². The highest BCUT2D eigenvalue weighted by Gasteiger charge is 2.21. The Bertz CT molecular complexity index is 655. The number of rotatable bonds is 7. The molecule has 0 radical (unpaired) electrons. The molecule has 1 rings (SSSR count). The van der Waals surface area contributed by atoms with Gasteiger partial charge in [-0.05, 0) is 24.6 Å². The quantitative estimate of drug-likeness (QED) is 0.778. The van der Waals surface area contributed by atoms with Crippen LogP contribution in [0, 0.1) is 0 Å². The standard InChI is InChI=1S/C15H22N2O5S/c1-4-23(21,22)10-11(2)17(3)15(20)16-9-12-5-7-13(8-6-12)14(18)19/h5-8,11H,4,9-10H2,1-3H3,(H,16,20)(H,18,19). The van der Waals surface area contributed by atoms with Gasteiger partial charge in [-0.2, -0.15) is 0 Å².